The largest absolute Gasteiger partial charge is 0.337 e. The van der Waals surface area contributed by atoms with Gasteiger partial charge in [-0.05, 0) is 19.4 Å². The van der Waals surface area contributed by atoms with Crippen LogP contribution in [0.5, 0.6) is 0 Å². The monoisotopic (exact) mass is 361 g/mol. The van der Waals surface area contributed by atoms with Crippen LogP contribution in [0.4, 0.5) is 0 Å². The normalized spacial score (nSPS) is 10.6. The van der Waals surface area contributed by atoms with E-state index in [4.69, 9.17) is 4.52 Å². The molecular formula is C22H23N3O2. The van der Waals surface area contributed by atoms with Crippen LogP contribution in [0.15, 0.2) is 65.7 Å². The number of nitrogens with zero attached hydrogens (tertiary/aromatic N) is 3. The van der Waals surface area contributed by atoms with Crippen molar-refractivity contribution >= 4 is 5.91 Å². The lowest BCUT2D eigenvalue weighted by Crippen LogP contribution is -2.32. The molecular weight excluding hydrogens is 338 g/mol. The minimum atomic E-state index is -0.00570. The molecule has 0 spiro atoms. The molecule has 0 bridgehead atoms. The Kier molecular flexibility index (Phi) is 5.81. The van der Waals surface area contributed by atoms with E-state index in [-0.39, 0.29) is 12.5 Å². The second kappa shape index (κ2) is 8.45. The van der Waals surface area contributed by atoms with Gasteiger partial charge >= 0.3 is 0 Å². The van der Waals surface area contributed by atoms with Crippen LogP contribution in [-0.4, -0.2) is 27.5 Å². The smallest absolute Gasteiger partial charge is 0.246 e. The fraction of sp³-hybridized carbons (Fsp3) is 0.227. The number of rotatable bonds is 7. The molecule has 0 aliphatic heterocycles. The van der Waals surface area contributed by atoms with Crippen molar-refractivity contribution in [1.82, 2.24) is 15.0 Å². The van der Waals surface area contributed by atoms with Crippen LogP contribution in [0.1, 0.15) is 22.6 Å². The van der Waals surface area contributed by atoms with E-state index in [1.807, 2.05) is 62.4 Å². The van der Waals surface area contributed by atoms with Gasteiger partial charge in [-0.25, -0.2) is 0 Å². The van der Waals surface area contributed by atoms with E-state index in [0.717, 1.165) is 11.1 Å². The van der Waals surface area contributed by atoms with E-state index >= 15 is 0 Å². The van der Waals surface area contributed by atoms with Crippen LogP contribution in [-0.2, 0) is 17.8 Å². The van der Waals surface area contributed by atoms with Crippen molar-refractivity contribution in [2.45, 2.75) is 26.8 Å². The summed E-state index contributed by atoms with van der Waals surface area (Å²) in [4.78, 5) is 18.8. The van der Waals surface area contributed by atoms with Gasteiger partial charge in [0.1, 0.15) is 6.54 Å². The Labute approximate surface area is 159 Å². The molecule has 27 heavy (non-hydrogen) atoms. The van der Waals surface area contributed by atoms with E-state index in [0.29, 0.717) is 24.7 Å². The maximum absolute atomic E-state index is 12.7. The number of amides is 1. The number of hydrogen-bond acceptors (Lipinski definition) is 4. The van der Waals surface area contributed by atoms with Crippen molar-refractivity contribution in [2.24, 2.45) is 0 Å². The zero-order valence-electron chi connectivity index (χ0n) is 15.7. The first-order chi connectivity index (χ1) is 13.0. The molecule has 3 aromatic rings. The van der Waals surface area contributed by atoms with Gasteiger partial charge in [0.25, 0.3) is 0 Å². The summed E-state index contributed by atoms with van der Waals surface area (Å²) in [5.41, 5.74) is 4.20. The minimum Gasteiger partial charge on any atom is -0.337 e. The Morgan fingerprint density at radius 3 is 2.33 bits per heavy atom. The second-order valence-corrected chi connectivity index (χ2v) is 6.60. The van der Waals surface area contributed by atoms with E-state index < -0.39 is 0 Å². The lowest BCUT2D eigenvalue weighted by atomic mass is 10.1. The number of aryl methyl sites for hydroxylation is 2. The highest BCUT2D eigenvalue weighted by atomic mass is 16.5. The SMILES string of the molecule is C=CCN(Cc1nc(-c2ccc(C)cc2)no1)C(=O)Cc1ccc(C)cc1. The maximum atomic E-state index is 12.7. The summed E-state index contributed by atoms with van der Waals surface area (Å²) in [5, 5.41) is 4.03. The third kappa shape index (κ3) is 4.91. The van der Waals surface area contributed by atoms with Gasteiger partial charge in [-0.15, -0.1) is 6.58 Å². The topological polar surface area (TPSA) is 59.2 Å². The summed E-state index contributed by atoms with van der Waals surface area (Å²) < 4.78 is 5.35. The third-order valence-corrected chi connectivity index (χ3v) is 4.28. The first-order valence-corrected chi connectivity index (χ1v) is 8.89. The van der Waals surface area contributed by atoms with E-state index in [1.54, 1.807) is 11.0 Å². The Morgan fingerprint density at radius 1 is 1.07 bits per heavy atom. The van der Waals surface area contributed by atoms with Gasteiger partial charge in [0, 0.05) is 12.1 Å². The van der Waals surface area contributed by atoms with Crippen molar-refractivity contribution < 1.29 is 9.32 Å². The lowest BCUT2D eigenvalue weighted by Gasteiger charge is -2.19. The summed E-state index contributed by atoms with van der Waals surface area (Å²) in [6.07, 6.45) is 2.03. The van der Waals surface area contributed by atoms with Crippen LogP contribution in [0.3, 0.4) is 0 Å². The molecule has 1 amide bonds. The molecule has 5 nitrogen and oxygen atoms in total. The Bertz CT molecular complexity index is 911. The van der Waals surface area contributed by atoms with Crippen molar-refractivity contribution in [1.29, 1.82) is 0 Å². The van der Waals surface area contributed by atoms with Crippen LogP contribution in [0.2, 0.25) is 0 Å². The predicted octanol–water partition coefficient (Wildman–Crippen LogP) is 4.11. The molecule has 0 unspecified atom stereocenters. The number of carbonyl (C=O) groups excluding carboxylic acids is 1. The highest BCUT2D eigenvalue weighted by molar-refractivity contribution is 5.78. The first-order valence-electron chi connectivity index (χ1n) is 8.89. The zero-order chi connectivity index (χ0) is 19.2. The lowest BCUT2D eigenvalue weighted by molar-refractivity contribution is -0.130. The average molecular weight is 361 g/mol. The fourth-order valence-corrected chi connectivity index (χ4v) is 2.70. The molecule has 2 aromatic carbocycles. The average Bonchev–Trinajstić information content (AvgIpc) is 3.12. The van der Waals surface area contributed by atoms with Crippen molar-refractivity contribution in [3.8, 4) is 11.4 Å². The molecule has 0 saturated carbocycles. The zero-order valence-corrected chi connectivity index (χ0v) is 15.7. The van der Waals surface area contributed by atoms with Crippen molar-refractivity contribution in [3.05, 3.63) is 83.8 Å². The number of hydrogen-bond donors (Lipinski definition) is 0. The van der Waals surface area contributed by atoms with Crippen LogP contribution in [0, 0.1) is 13.8 Å². The number of carbonyl (C=O) groups is 1. The summed E-state index contributed by atoms with van der Waals surface area (Å²) in [7, 11) is 0. The first kappa shape index (κ1) is 18.6. The molecule has 0 fully saturated rings. The van der Waals surface area contributed by atoms with Crippen LogP contribution < -0.4 is 0 Å². The van der Waals surface area contributed by atoms with Crippen LogP contribution in [0.25, 0.3) is 11.4 Å². The van der Waals surface area contributed by atoms with Crippen molar-refractivity contribution in [3.63, 3.8) is 0 Å². The van der Waals surface area contributed by atoms with Gasteiger partial charge in [-0.2, -0.15) is 4.98 Å². The van der Waals surface area contributed by atoms with E-state index in [2.05, 4.69) is 16.7 Å². The van der Waals surface area contributed by atoms with Gasteiger partial charge < -0.3 is 9.42 Å². The standard InChI is InChI=1S/C22H23N3O2/c1-4-13-25(21(26)14-18-9-5-16(2)6-10-18)15-20-23-22(24-27-20)19-11-7-17(3)8-12-19/h4-12H,1,13-15H2,2-3H3. The summed E-state index contributed by atoms with van der Waals surface area (Å²) in [5.74, 6) is 0.924. The molecule has 0 saturated heterocycles. The highest BCUT2D eigenvalue weighted by Crippen LogP contribution is 2.17. The molecule has 3 rings (SSSR count). The molecule has 5 heteroatoms. The molecule has 138 valence electrons. The number of aromatic nitrogens is 2. The van der Waals surface area contributed by atoms with Gasteiger partial charge in [0.2, 0.25) is 17.6 Å². The minimum absolute atomic E-state index is 0.00570. The second-order valence-electron chi connectivity index (χ2n) is 6.60. The van der Waals surface area contributed by atoms with Gasteiger partial charge in [-0.3, -0.25) is 4.79 Å². The molecule has 0 radical (unpaired) electrons. The van der Waals surface area contributed by atoms with Crippen molar-refractivity contribution in [2.75, 3.05) is 6.54 Å². The summed E-state index contributed by atoms with van der Waals surface area (Å²) in [6.45, 7) is 8.48. The quantitative estimate of drug-likeness (QED) is 0.594. The molecule has 1 aromatic heterocycles. The van der Waals surface area contributed by atoms with E-state index in [9.17, 15) is 4.79 Å². The van der Waals surface area contributed by atoms with Crippen LogP contribution >= 0.6 is 0 Å². The molecule has 1 heterocycles. The maximum Gasteiger partial charge on any atom is 0.246 e. The fourth-order valence-electron chi connectivity index (χ4n) is 2.70. The third-order valence-electron chi connectivity index (χ3n) is 4.28. The van der Waals surface area contributed by atoms with Gasteiger partial charge in [0.05, 0.1) is 6.42 Å². The summed E-state index contributed by atoms with van der Waals surface area (Å²) >= 11 is 0. The predicted molar refractivity (Wildman–Crippen MR) is 105 cm³/mol. The molecule has 0 atom stereocenters. The molecule has 0 N–H and O–H groups in total. The van der Waals surface area contributed by atoms with Gasteiger partial charge in [0.15, 0.2) is 0 Å². The Hall–Kier alpha value is -3.21. The number of benzene rings is 2. The summed E-state index contributed by atoms with van der Waals surface area (Å²) in [6, 6.07) is 15.9. The molecule has 0 aliphatic carbocycles. The highest BCUT2D eigenvalue weighted by Gasteiger charge is 2.17. The van der Waals surface area contributed by atoms with Gasteiger partial charge in [-0.1, -0.05) is 70.9 Å². The molecule has 0 aliphatic rings. The Morgan fingerprint density at radius 2 is 1.70 bits per heavy atom. The Balaban J connectivity index is 1.70. The van der Waals surface area contributed by atoms with E-state index in [1.165, 1.54) is 11.1 Å².